The van der Waals surface area contributed by atoms with Crippen LogP contribution >= 0.6 is 0 Å². The summed E-state index contributed by atoms with van der Waals surface area (Å²) in [5, 5.41) is 0. The number of pyridine rings is 1. The normalized spacial score (nSPS) is 10.2. The van der Waals surface area contributed by atoms with E-state index in [1.807, 2.05) is 19.1 Å². The predicted molar refractivity (Wildman–Crippen MR) is 64.7 cm³/mol. The Morgan fingerprint density at radius 3 is 3.06 bits per heavy atom. The zero-order valence-electron chi connectivity index (χ0n) is 9.86. The van der Waals surface area contributed by atoms with Gasteiger partial charge in [-0.05, 0) is 31.5 Å². The van der Waals surface area contributed by atoms with E-state index in [9.17, 15) is 4.79 Å². The molecule has 0 aliphatic carbocycles. The summed E-state index contributed by atoms with van der Waals surface area (Å²) >= 11 is 0. The standard InChI is InChI=1S/C13H14N2O2/c1-3-17-13(16)10-7-11(15-8-10)12-9(2)5-4-6-14-12/h4-8,15H,3H2,1-2H3. The molecule has 1 N–H and O–H groups in total. The van der Waals surface area contributed by atoms with E-state index in [2.05, 4.69) is 9.97 Å². The number of nitrogens with one attached hydrogen (secondary N) is 1. The molecule has 0 unspecified atom stereocenters. The van der Waals surface area contributed by atoms with Crippen LogP contribution in [0.4, 0.5) is 0 Å². The predicted octanol–water partition coefficient (Wildman–Crippen LogP) is 2.56. The lowest BCUT2D eigenvalue weighted by atomic mass is 10.1. The Balaban J connectivity index is 2.30. The van der Waals surface area contributed by atoms with Crippen molar-refractivity contribution < 1.29 is 9.53 Å². The second-order valence-corrected chi connectivity index (χ2v) is 3.69. The number of esters is 1. The highest BCUT2D eigenvalue weighted by Crippen LogP contribution is 2.20. The minimum atomic E-state index is -0.316. The van der Waals surface area contributed by atoms with Crippen LogP contribution in [-0.2, 0) is 4.74 Å². The first-order chi connectivity index (χ1) is 8.22. The quantitative estimate of drug-likeness (QED) is 0.824. The van der Waals surface area contributed by atoms with Crippen LogP contribution in [0.5, 0.6) is 0 Å². The zero-order valence-corrected chi connectivity index (χ0v) is 9.86. The van der Waals surface area contributed by atoms with Gasteiger partial charge in [0.05, 0.1) is 23.6 Å². The summed E-state index contributed by atoms with van der Waals surface area (Å²) in [5.74, 6) is -0.316. The second-order valence-electron chi connectivity index (χ2n) is 3.69. The summed E-state index contributed by atoms with van der Waals surface area (Å²) < 4.78 is 4.93. The monoisotopic (exact) mass is 230 g/mol. The molecule has 88 valence electrons. The summed E-state index contributed by atoms with van der Waals surface area (Å²) in [7, 11) is 0. The molecule has 0 bridgehead atoms. The molecule has 2 aromatic heterocycles. The van der Waals surface area contributed by atoms with Gasteiger partial charge in [0.1, 0.15) is 0 Å². The molecule has 0 spiro atoms. The van der Waals surface area contributed by atoms with Crippen molar-refractivity contribution in [1.82, 2.24) is 9.97 Å². The van der Waals surface area contributed by atoms with Crippen LogP contribution in [0.25, 0.3) is 11.4 Å². The molecule has 2 heterocycles. The fraction of sp³-hybridized carbons (Fsp3) is 0.231. The topological polar surface area (TPSA) is 55.0 Å². The molecular formula is C13H14N2O2. The van der Waals surface area contributed by atoms with Gasteiger partial charge in [-0.25, -0.2) is 4.79 Å². The molecule has 0 radical (unpaired) electrons. The van der Waals surface area contributed by atoms with Crippen molar-refractivity contribution in [3.63, 3.8) is 0 Å². The first-order valence-electron chi connectivity index (χ1n) is 5.50. The fourth-order valence-electron chi connectivity index (χ4n) is 1.63. The highest BCUT2D eigenvalue weighted by molar-refractivity contribution is 5.90. The van der Waals surface area contributed by atoms with Crippen molar-refractivity contribution in [3.05, 3.63) is 41.7 Å². The van der Waals surface area contributed by atoms with Crippen molar-refractivity contribution in [1.29, 1.82) is 0 Å². The number of aromatic nitrogens is 2. The van der Waals surface area contributed by atoms with Crippen LogP contribution in [0.2, 0.25) is 0 Å². The van der Waals surface area contributed by atoms with Gasteiger partial charge in [0, 0.05) is 12.4 Å². The molecular weight excluding hydrogens is 216 g/mol. The lowest BCUT2D eigenvalue weighted by Gasteiger charge is -2.00. The maximum Gasteiger partial charge on any atom is 0.339 e. The Morgan fingerprint density at radius 1 is 1.53 bits per heavy atom. The van der Waals surface area contributed by atoms with Crippen LogP contribution in [-0.4, -0.2) is 22.5 Å². The Hall–Kier alpha value is -2.10. The lowest BCUT2D eigenvalue weighted by molar-refractivity contribution is 0.0526. The molecule has 0 aliphatic rings. The minimum absolute atomic E-state index is 0.316. The van der Waals surface area contributed by atoms with Gasteiger partial charge in [0.2, 0.25) is 0 Å². The average Bonchev–Trinajstić information content (AvgIpc) is 2.79. The summed E-state index contributed by atoms with van der Waals surface area (Å²) in [6, 6.07) is 5.62. The first kappa shape index (κ1) is 11.4. The van der Waals surface area contributed by atoms with E-state index in [-0.39, 0.29) is 5.97 Å². The van der Waals surface area contributed by atoms with Gasteiger partial charge in [-0.2, -0.15) is 0 Å². The SMILES string of the molecule is CCOC(=O)c1c[nH]c(-c2ncccc2C)c1. The lowest BCUT2D eigenvalue weighted by Crippen LogP contribution is -2.02. The van der Waals surface area contributed by atoms with E-state index in [1.54, 1.807) is 25.4 Å². The molecule has 0 amide bonds. The molecule has 4 heteroatoms. The van der Waals surface area contributed by atoms with E-state index >= 15 is 0 Å². The molecule has 4 nitrogen and oxygen atoms in total. The maximum absolute atomic E-state index is 11.5. The van der Waals surface area contributed by atoms with Crippen LogP contribution in [0.15, 0.2) is 30.6 Å². The molecule has 17 heavy (non-hydrogen) atoms. The number of aromatic amines is 1. The minimum Gasteiger partial charge on any atom is -0.462 e. The van der Waals surface area contributed by atoms with Gasteiger partial charge in [0.25, 0.3) is 0 Å². The van der Waals surface area contributed by atoms with E-state index in [1.165, 1.54) is 0 Å². The third-order valence-electron chi connectivity index (χ3n) is 2.46. The third kappa shape index (κ3) is 2.36. The molecule has 0 saturated heterocycles. The molecule has 0 fully saturated rings. The smallest absolute Gasteiger partial charge is 0.339 e. The van der Waals surface area contributed by atoms with Gasteiger partial charge >= 0.3 is 5.97 Å². The number of H-pyrrole nitrogens is 1. The molecule has 2 rings (SSSR count). The number of nitrogens with zero attached hydrogens (tertiary/aromatic N) is 1. The first-order valence-corrected chi connectivity index (χ1v) is 5.50. The fourth-order valence-corrected chi connectivity index (χ4v) is 1.63. The van der Waals surface area contributed by atoms with E-state index < -0.39 is 0 Å². The zero-order chi connectivity index (χ0) is 12.3. The number of carbonyl (C=O) groups is 1. The van der Waals surface area contributed by atoms with Crippen LogP contribution in [0.1, 0.15) is 22.8 Å². The number of rotatable bonds is 3. The number of ether oxygens (including phenoxy) is 1. The summed E-state index contributed by atoms with van der Waals surface area (Å²) in [4.78, 5) is 18.8. The Kier molecular flexibility index (Phi) is 3.23. The highest BCUT2D eigenvalue weighted by Gasteiger charge is 2.11. The van der Waals surface area contributed by atoms with Gasteiger partial charge < -0.3 is 9.72 Å². The molecule has 2 aromatic rings. The Bertz CT molecular complexity index is 532. The van der Waals surface area contributed by atoms with Crippen molar-refractivity contribution in [2.24, 2.45) is 0 Å². The number of hydrogen-bond donors (Lipinski definition) is 1. The van der Waals surface area contributed by atoms with Crippen LogP contribution < -0.4 is 0 Å². The van der Waals surface area contributed by atoms with Gasteiger partial charge in [-0.3, -0.25) is 4.98 Å². The number of carbonyl (C=O) groups excluding carboxylic acids is 1. The Morgan fingerprint density at radius 2 is 2.35 bits per heavy atom. The van der Waals surface area contributed by atoms with E-state index in [0.717, 1.165) is 17.0 Å². The van der Waals surface area contributed by atoms with Gasteiger partial charge in [-0.15, -0.1) is 0 Å². The summed E-state index contributed by atoms with van der Waals surface area (Å²) in [6.45, 7) is 4.14. The van der Waals surface area contributed by atoms with Crippen LogP contribution in [0, 0.1) is 6.92 Å². The average molecular weight is 230 g/mol. The van der Waals surface area contributed by atoms with Gasteiger partial charge in [0.15, 0.2) is 0 Å². The van der Waals surface area contributed by atoms with Crippen molar-refractivity contribution in [3.8, 4) is 11.4 Å². The summed E-state index contributed by atoms with van der Waals surface area (Å²) in [6.07, 6.45) is 3.37. The van der Waals surface area contributed by atoms with E-state index in [0.29, 0.717) is 12.2 Å². The molecule has 0 aliphatic heterocycles. The van der Waals surface area contributed by atoms with Gasteiger partial charge in [-0.1, -0.05) is 6.07 Å². The summed E-state index contributed by atoms with van der Waals surface area (Å²) in [5.41, 5.74) is 3.26. The second kappa shape index (κ2) is 4.82. The highest BCUT2D eigenvalue weighted by atomic mass is 16.5. The van der Waals surface area contributed by atoms with Crippen molar-refractivity contribution >= 4 is 5.97 Å². The third-order valence-corrected chi connectivity index (χ3v) is 2.46. The van der Waals surface area contributed by atoms with Crippen LogP contribution in [0.3, 0.4) is 0 Å². The molecule has 0 aromatic carbocycles. The van der Waals surface area contributed by atoms with Crippen molar-refractivity contribution in [2.45, 2.75) is 13.8 Å². The Labute approximate surface area is 99.7 Å². The number of hydrogen-bond acceptors (Lipinski definition) is 3. The van der Waals surface area contributed by atoms with E-state index in [4.69, 9.17) is 4.74 Å². The maximum atomic E-state index is 11.5. The molecule has 0 atom stereocenters. The molecule has 0 saturated carbocycles. The largest absolute Gasteiger partial charge is 0.462 e. The number of aryl methyl sites for hydroxylation is 1. The van der Waals surface area contributed by atoms with Crippen molar-refractivity contribution in [2.75, 3.05) is 6.61 Å².